The summed E-state index contributed by atoms with van der Waals surface area (Å²) in [6.45, 7) is 0.874. The number of carbonyl (C=O) groups excluding carboxylic acids is 3. The van der Waals surface area contributed by atoms with Crippen molar-refractivity contribution >= 4 is 33.5 Å². The molecule has 10 nitrogen and oxygen atoms in total. The van der Waals surface area contributed by atoms with Crippen molar-refractivity contribution in [3.05, 3.63) is 54.0 Å². The summed E-state index contributed by atoms with van der Waals surface area (Å²) in [4.78, 5) is 39.9. The minimum absolute atomic E-state index is 0.116. The maximum absolute atomic E-state index is 12.3. The van der Waals surface area contributed by atoms with Gasteiger partial charge < -0.3 is 19.0 Å². The summed E-state index contributed by atoms with van der Waals surface area (Å²) in [5.41, 5.74) is 0.334. The van der Waals surface area contributed by atoms with Gasteiger partial charge >= 0.3 is 5.97 Å². The van der Waals surface area contributed by atoms with Crippen LogP contribution in [0.5, 0.6) is 0 Å². The SMILES string of the molecule is CS(=O)(=O)Nc1cccc(C(=O)OCC(=O)N2CCN(C(=O)c3ccco3)CC2)c1. The molecule has 1 saturated heterocycles. The van der Waals surface area contributed by atoms with E-state index in [1.807, 2.05) is 0 Å². The fourth-order valence-corrected chi connectivity index (χ4v) is 3.50. The van der Waals surface area contributed by atoms with E-state index in [1.165, 1.54) is 35.4 Å². The van der Waals surface area contributed by atoms with E-state index in [9.17, 15) is 22.8 Å². The van der Waals surface area contributed by atoms with Gasteiger partial charge in [0.15, 0.2) is 12.4 Å². The highest BCUT2D eigenvalue weighted by molar-refractivity contribution is 7.92. The Bertz CT molecular complexity index is 1030. The molecule has 0 saturated carbocycles. The highest BCUT2D eigenvalue weighted by atomic mass is 32.2. The van der Waals surface area contributed by atoms with Crippen molar-refractivity contribution in [3.63, 3.8) is 0 Å². The van der Waals surface area contributed by atoms with E-state index in [4.69, 9.17) is 9.15 Å². The Morgan fingerprint density at radius 1 is 1.07 bits per heavy atom. The van der Waals surface area contributed by atoms with Gasteiger partial charge in [0.1, 0.15) is 0 Å². The van der Waals surface area contributed by atoms with Gasteiger partial charge in [0.05, 0.1) is 18.1 Å². The molecule has 30 heavy (non-hydrogen) atoms. The molecular formula is C19H21N3O7S. The molecule has 0 radical (unpaired) electrons. The van der Waals surface area contributed by atoms with Gasteiger partial charge in [-0.2, -0.15) is 0 Å². The minimum atomic E-state index is -3.48. The first-order chi connectivity index (χ1) is 14.2. The number of nitrogens with zero attached hydrogens (tertiary/aromatic N) is 2. The summed E-state index contributed by atoms with van der Waals surface area (Å²) >= 11 is 0. The lowest BCUT2D eigenvalue weighted by molar-refractivity contribution is -0.136. The number of hydrogen-bond acceptors (Lipinski definition) is 7. The number of hydrogen-bond donors (Lipinski definition) is 1. The van der Waals surface area contributed by atoms with Gasteiger partial charge in [0, 0.05) is 31.9 Å². The van der Waals surface area contributed by atoms with Crippen LogP contribution >= 0.6 is 0 Å². The second kappa shape index (κ2) is 8.99. The molecule has 0 spiro atoms. The molecule has 1 fully saturated rings. The first kappa shape index (κ1) is 21.4. The lowest BCUT2D eigenvalue weighted by atomic mass is 10.2. The summed E-state index contributed by atoms with van der Waals surface area (Å²) < 4.78 is 35.0. The lowest BCUT2D eigenvalue weighted by Crippen LogP contribution is -2.51. The fraction of sp³-hybridized carbons (Fsp3) is 0.316. The van der Waals surface area contributed by atoms with Gasteiger partial charge in [-0.25, -0.2) is 13.2 Å². The molecule has 1 aromatic carbocycles. The number of ether oxygens (including phenoxy) is 1. The first-order valence-electron chi connectivity index (χ1n) is 9.08. The molecule has 0 bridgehead atoms. The average molecular weight is 435 g/mol. The van der Waals surface area contributed by atoms with Crippen LogP contribution in [0.4, 0.5) is 5.69 Å². The van der Waals surface area contributed by atoms with Crippen LogP contribution < -0.4 is 4.72 Å². The second-order valence-corrected chi connectivity index (χ2v) is 8.43. The molecule has 1 aliphatic rings. The van der Waals surface area contributed by atoms with Gasteiger partial charge in [0.2, 0.25) is 10.0 Å². The van der Waals surface area contributed by atoms with E-state index < -0.39 is 22.6 Å². The molecule has 1 N–H and O–H groups in total. The Hall–Kier alpha value is -3.34. The van der Waals surface area contributed by atoms with E-state index in [0.29, 0.717) is 26.2 Å². The molecule has 3 rings (SSSR count). The van der Waals surface area contributed by atoms with Crippen molar-refractivity contribution in [2.24, 2.45) is 0 Å². The zero-order chi connectivity index (χ0) is 21.7. The number of benzene rings is 1. The topological polar surface area (TPSA) is 126 Å². The van der Waals surface area contributed by atoms with Crippen LogP contribution in [0.15, 0.2) is 47.1 Å². The summed E-state index contributed by atoms with van der Waals surface area (Å²) in [6.07, 6.45) is 2.42. The maximum atomic E-state index is 12.3. The van der Waals surface area contributed by atoms with Gasteiger partial charge in [0.25, 0.3) is 11.8 Å². The third kappa shape index (κ3) is 5.60. The van der Waals surface area contributed by atoms with E-state index in [2.05, 4.69) is 4.72 Å². The largest absolute Gasteiger partial charge is 0.459 e. The summed E-state index contributed by atoms with van der Waals surface area (Å²) in [5, 5.41) is 0. The zero-order valence-corrected chi connectivity index (χ0v) is 17.1. The van der Waals surface area contributed by atoms with Crippen molar-refractivity contribution in [2.75, 3.05) is 43.8 Å². The van der Waals surface area contributed by atoms with E-state index in [0.717, 1.165) is 6.26 Å². The van der Waals surface area contributed by atoms with Crippen molar-refractivity contribution in [1.29, 1.82) is 0 Å². The number of rotatable bonds is 6. The van der Waals surface area contributed by atoms with Crippen LogP contribution in [-0.2, 0) is 19.6 Å². The fourth-order valence-electron chi connectivity index (χ4n) is 2.94. The van der Waals surface area contributed by atoms with Crippen LogP contribution in [-0.4, -0.2) is 75.0 Å². The van der Waals surface area contributed by atoms with Crippen molar-refractivity contribution in [2.45, 2.75) is 0 Å². The third-order valence-electron chi connectivity index (χ3n) is 4.38. The summed E-state index contributed by atoms with van der Waals surface area (Å²) in [7, 11) is -3.48. The highest BCUT2D eigenvalue weighted by Crippen LogP contribution is 2.14. The van der Waals surface area contributed by atoms with Gasteiger partial charge in [-0.15, -0.1) is 0 Å². The van der Waals surface area contributed by atoms with Crippen molar-refractivity contribution in [3.8, 4) is 0 Å². The minimum Gasteiger partial charge on any atom is -0.459 e. The molecule has 11 heteroatoms. The first-order valence-corrected chi connectivity index (χ1v) is 11.0. The Morgan fingerprint density at radius 2 is 1.77 bits per heavy atom. The zero-order valence-electron chi connectivity index (χ0n) is 16.2. The number of nitrogens with one attached hydrogen (secondary N) is 1. The Labute approximate surface area is 173 Å². The Kier molecular flexibility index (Phi) is 6.40. The second-order valence-electron chi connectivity index (χ2n) is 6.68. The quantitative estimate of drug-likeness (QED) is 0.665. The van der Waals surface area contributed by atoms with Gasteiger partial charge in [-0.3, -0.25) is 14.3 Å². The van der Waals surface area contributed by atoms with Crippen LogP contribution in [0.2, 0.25) is 0 Å². The number of sulfonamides is 1. The lowest BCUT2D eigenvalue weighted by Gasteiger charge is -2.34. The number of carbonyl (C=O) groups is 3. The van der Waals surface area contributed by atoms with Gasteiger partial charge in [-0.1, -0.05) is 6.07 Å². The van der Waals surface area contributed by atoms with Crippen LogP contribution in [0, 0.1) is 0 Å². The summed E-state index contributed by atoms with van der Waals surface area (Å²) in [6, 6.07) is 8.99. The molecular weight excluding hydrogens is 414 g/mol. The highest BCUT2D eigenvalue weighted by Gasteiger charge is 2.26. The average Bonchev–Trinajstić information content (AvgIpc) is 3.25. The number of esters is 1. The molecule has 2 heterocycles. The predicted octanol–water partition coefficient (Wildman–Crippen LogP) is 0.793. The number of piperazine rings is 1. The van der Waals surface area contributed by atoms with E-state index in [-0.39, 0.29) is 28.8 Å². The smallest absolute Gasteiger partial charge is 0.338 e. The summed E-state index contributed by atoms with van der Waals surface area (Å²) in [5.74, 6) is -1.11. The monoisotopic (exact) mass is 435 g/mol. The van der Waals surface area contributed by atoms with Crippen molar-refractivity contribution < 1.29 is 32.0 Å². The van der Waals surface area contributed by atoms with Crippen LogP contribution in [0.3, 0.4) is 0 Å². The number of furan rings is 1. The Balaban J connectivity index is 1.48. The van der Waals surface area contributed by atoms with Crippen LogP contribution in [0.1, 0.15) is 20.9 Å². The van der Waals surface area contributed by atoms with Crippen molar-refractivity contribution in [1.82, 2.24) is 9.80 Å². The molecule has 160 valence electrons. The Morgan fingerprint density at radius 3 is 2.40 bits per heavy atom. The number of anilines is 1. The molecule has 1 aromatic heterocycles. The molecule has 0 atom stereocenters. The normalized spacial score (nSPS) is 14.3. The molecule has 2 aromatic rings. The van der Waals surface area contributed by atoms with E-state index >= 15 is 0 Å². The van der Waals surface area contributed by atoms with E-state index in [1.54, 1.807) is 17.0 Å². The third-order valence-corrected chi connectivity index (χ3v) is 4.99. The predicted molar refractivity (Wildman–Crippen MR) is 106 cm³/mol. The van der Waals surface area contributed by atoms with Gasteiger partial charge in [-0.05, 0) is 30.3 Å². The number of amides is 2. The maximum Gasteiger partial charge on any atom is 0.338 e. The van der Waals surface area contributed by atoms with Crippen LogP contribution in [0.25, 0.3) is 0 Å². The molecule has 0 aliphatic carbocycles. The molecule has 2 amide bonds. The molecule has 1 aliphatic heterocycles. The molecule has 0 unspecified atom stereocenters. The standard InChI is InChI=1S/C19H21N3O7S/c1-30(26,27)20-15-5-2-4-14(12-15)19(25)29-13-17(23)21-7-9-22(10-8-21)18(24)16-6-3-11-28-16/h2-6,11-12,20H,7-10,13H2,1H3.